The second-order valence-corrected chi connectivity index (χ2v) is 6.92. The van der Waals surface area contributed by atoms with Gasteiger partial charge in [-0.2, -0.15) is 0 Å². The van der Waals surface area contributed by atoms with Crippen molar-refractivity contribution in [1.29, 1.82) is 0 Å². The molecule has 1 aromatic rings. The smallest absolute Gasteiger partial charge is 0.303 e. The molecule has 0 aliphatic heterocycles. The average molecular weight is 368 g/mol. The Labute approximate surface area is 125 Å². The Kier molecular flexibility index (Phi) is 6.09. The first kappa shape index (κ1) is 17.1. The molecule has 0 spiro atoms. The van der Waals surface area contributed by atoms with Crippen molar-refractivity contribution < 1.29 is 22.7 Å². The Bertz CT molecular complexity index is 591. The van der Waals surface area contributed by atoms with Crippen LogP contribution in [0.1, 0.15) is 26.2 Å². The van der Waals surface area contributed by atoms with Crippen LogP contribution in [0, 0.1) is 5.82 Å². The summed E-state index contributed by atoms with van der Waals surface area (Å²) in [5.74, 6) is -1.45. The van der Waals surface area contributed by atoms with Crippen molar-refractivity contribution in [3.05, 3.63) is 28.5 Å². The second kappa shape index (κ2) is 7.14. The zero-order chi connectivity index (χ0) is 15.3. The van der Waals surface area contributed by atoms with E-state index in [0.29, 0.717) is 12.8 Å². The SMILES string of the molecule is CC(CCCC(=O)O)NS(=O)(=O)c1ccc(F)cc1Br. The lowest BCUT2D eigenvalue weighted by molar-refractivity contribution is -0.137. The molecule has 0 bridgehead atoms. The molecule has 2 N–H and O–H groups in total. The fraction of sp³-hybridized carbons (Fsp3) is 0.417. The first-order valence-electron chi connectivity index (χ1n) is 5.91. The fourth-order valence-electron chi connectivity index (χ4n) is 1.64. The molecular weight excluding hydrogens is 353 g/mol. The minimum atomic E-state index is -3.77. The van der Waals surface area contributed by atoms with Gasteiger partial charge in [-0.1, -0.05) is 0 Å². The third-order valence-corrected chi connectivity index (χ3v) is 5.13. The number of hydrogen-bond donors (Lipinski definition) is 2. The molecule has 0 aliphatic rings. The lowest BCUT2D eigenvalue weighted by Crippen LogP contribution is -2.32. The van der Waals surface area contributed by atoms with Gasteiger partial charge in [0, 0.05) is 16.9 Å². The van der Waals surface area contributed by atoms with Crippen molar-refractivity contribution in [3.8, 4) is 0 Å². The molecule has 0 amide bonds. The van der Waals surface area contributed by atoms with E-state index in [-0.39, 0.29) is 15.8 Å². The quantitative estimate of drug-likeness (QED) is 0.775. The van der Waals surface area contributed by atoms with Gasteiger partial charge >= 0.3 is 5.97 Å². The van der Waals surface area contributed by atoms with E-state index in [9.17, 15) is 17.6 Å². The van der Waals surface area contributed by atoms with Crippen LogP contribution in [-0.4, -0.2) is 25.5 Å². The van der Waals surface area contributed by atoms with Crippen LogP contribution in [0.2, 0.25) is 0 Å². The maximum atomic E-state index is 12.9. The minimum Gasteiger partial charge on any atom is -0.481 e. The van der Waals surface area contributed by atoms with Gasteiger partial charge in [0.2, 0.25) is 10.0 Å². The van der Waals surface area contributed by atoms with E-state index in [2.05, 4.69) is 20.7 Å². The normalized spacial score (nSPS) is 13.2. The van der Waals surface area contributed by atoms with Crippen LogP contribution in [-0.2, 0) is 14.8 Å². The van der Waals surface area contributed by atoms with Crippen molar-refractivity contribution in [2.24, 2.45) is 0 Å². The topological polar surface area (TPSA) is 83.5 Å². The van der Waals surface area contributed by atoms with Gasteiger partial charge in [-0.05, 0) is 53.9 Å². The molecule has 0 radical (unpaired) electrons. The summed E-state index contributed by atoms with van der Waals surface area (Å²) >= 11 is 3.01. The van der Waals surface area contributed by atoms with Gasteiger partial charge in [0.25, 0.3) is 0 Å². The zero-order valence-corrected chi connectivity index (χ0v) is 13.2. The second-order valence-electron chi connectivity index (χ2n) is 4.38. The van der Waals surface area contributed by atoms with Gasteiger partial charge in [-0.3, -0.25) is 4.79 Å². The highest BCUT2D eigenvalue weighted by Crippen LogP contribution is 2.23. The number of nitrogens with one attached hydrogen (secondary N) is 1. The van der Waals surface area contributed by atoms with Crippen molar-refractivity contribution >= 4 is 31.9 Å². The highest BCUT2D eigenvalue weighted by molar-refractivity contribution is 9.10. The highest BCUT2D eigenvalue weighted by Gasteiger charge is 2.20. The predicted octanol–water partition coefficient (Wildman–Crippen LogP) is 2.51. The van der Waals surface area contributed by atoms with Crippen LogP contribution in [0.4, 0.5) is 4.39 Å². The van der Waals surface area contributed by atoms with Gasteiger partial charge in [0.1, 0.15) is 5.82 Å². The number of carboxylic acid groups (broad SMARTS) is 1. The Balaban J connectivity index is 2.72. The molecule has 20 heavy (non-hydrogen) atoms. The summed E-state index contributed by atoms with van der Waals surface area (Å²) < 4.78 is 39.7. The maximum Gasteiger partial charge on any atom is 0.303 e. The molecule has 8 heteroatoms. The zero-order valence-electron chi connectivity index (χ0n) is 10.8. The van der Waals surface area contributed by atoms with E-state index in [4.69, 9.17) is 5.11 Å². The number of carbonyl (C=O) groups is 1. The number of hydrogen-bond acceptors (Lipinski definition) is 3. The van der Waals surface area contributed by atoms with Crippen LogP contribution in [0.15, 0.2) is 27.6 Å². The Morgan fingerprint density at radius 3 is 2.70 bits per heavy atom. The molecule has 1 aromatic carbocycles. The van der Waals surface area contributed by atoms with Crippen molar-refractivity contribution in [2.45, 2.75) is 37.1 Å². The molecule has 0 aliphatic carbocycles. The van der Waals surface area contributed by atoms with Gasteiger partial charge in [0.15, 0.2) is 0 Å². The summed E-state index contributed by atoms with van der Waals surface area (Å²) in [5.41, 5.74) is 0. The van der Waals surface area contributed by atoms with Gasteiger partial charge < -0.3 is 5.11 Å². The van der Waals surface area contributed by atoms with Crippen LogP contribution in [0.3, 0.4) is 0 Å². The molecule has 0 saturated carbocycles. The molecule has 1 atom stereocenters. The van der Waals surface area contributed by atoms with Crippen LogP contribution in [0.5, 0.6) is 0 Å². The van der Waals surface area contributed by atoms with Crippen LogP contribution >= 0.6 is 15.9 Å². The standard InChI is InChI=1S/C12H15BrFNO4S/c1-8(3-2-4-12(16)17)15-20(18,19)11-6-5-9(14)7-10(11)13/h5-8,15H,2-4H2,1H3,(H,16,17). The molecule has 1 unspecified atom stereocenters. The summed E-state index contributed by atoms with van der Waals surface area (Å²) in [7, 11) is -3.77. The number of rotatable bonds is 7. The third kappa shape index (κ3) is 5.18. The summed E-state index contributed by atoms with van der Waals surface area (Å²) in [5, 5.41) is 8.52. The molecule has 5 nitrogen and oxygen atoms in total. The van der Waals surface area contributed by atoms with Crippen molar-refractivity contribution in [1.82, 2.24) is 4.72 Å². The predicted molar refractivity (Wildman–Crippen MR) is 75.4 cm³/mol. The lowest BCUT2D eigenvalue weighted by atomic mass is 10.1. The van der Waals surface area contributed by atoms with Crippen LogP contribution < -0.4 is 4.72 Å². The van der Waals surface area contributed by atoms with Gasteiger partial charge in [-0.15, -0.1) is 0 Å². The summed E-state index contributed by atoms with van der Waals surface area (Å²) in [6.45, 7) is 1.65. The molecule has 112 valence electrons. The molecule has 0 fully saturated rings. The van der Waals surface area contributed by atoms with E-state index in [0.717, 1.165) is 12.1 Å². The molecule has 0 saturated heterocycles. The Morgan fingerprint density at radius 2 is 2.15 bits per heavy atom. The largest absolute Gasteiger partial charge is 0.481 e. The molecule has 0 aromatic heterocycles. The minimum absolute atomic E-state index is 0.00763. The summed E-state index contributed by atoms with van der Waals surface area (Å²) in [6, 6.07) is 2.90. The third-order valence-electron chi connectivity index (χ3n) is 2.57. The first-order valence-corrected chi connectivity index (χ1v) is 8.19. The number of aliphatic carboxylic acids is 1. The van der Waals surface area contributed by atoms with E-state index < -0.39 is 27.9 Å². The van der Waals surface area contributed by atoms with E-state index >= 15 is 0 Å². The van der Waals surface area contributed by atoms with E-state index in [1.165, 1.54) is 6.07 Å². The Hall–Kier alpha value is -0.990. The maximum absolute atomic E-state index is 12.9. The number of benzene rings is 1. The summed E-state index contributed by atoms with van der Waals surface area (Å²) in [4.78, 5) is 10.3. The lowest BCUT2D eigenvalue weighted by Gasteiger charge is -2.14. The fourth-order valence-corrected chi connectivity index (χ4v) is 3.97. The highest BCUT2D eigenvalue weighted by atomic mass is 79.9. The van der Waals surface area contributed by atoms with Crippen LogP contribution in [0.25, 0.3) is 0 Å². The molecular formula is C12H15BrFNO4S. The van der Waals surface area contributed by atoms with Gasteiger partial charge in [-0.25, -0.2) is 17.5 Å². The van der Waals surface area contributed by atoms with E-state index in [1.807, 2.05) is 0 Å². The van der Waals surface area contributed by atoms with Crippen molar-refractivity contribution in [3.63, 3.8) is 0 Å². The Morgan fingerprint density at radius 1 is 1.50 bits per heavy atom. The summed E-state index contributed by atoms with van der Waals surface area (Å²) in [6.07, 6.45) is 0.778. The molecule has 0 heterocycles. The van der Waals surface area contributed by atoms with E-state index in [1.54, 1.807) is 6.92 Å². The number of halogens is 2. The average Bonchev–Trinajstić information content (AvgIpc) is 2.26. The molecule has 1 rings (SSSR count). The van der Waals surface area contributed by atoms with Crippen molar-refractivity contribution in [2.75, 3.05) is 0 Å². The first-order chi connectivity index (χ1) is 9.22. The monoisotopic (exact) mass is 367 g/mol. The number of sulfonamides is 1. The van der Waals surface area contributed by atoms with Gasteiger partial charge in [0.05, 0.1) is 4.90 Å². The number of carboxylic acids is 1.